The normalized spacial score (nSPS) is 9.56. The Kier molecular flexibility index (Phi) is 6.34. The Bertz CT molecular complexity index is 407. The van der Waals surface area contributed by atoms with E-state index in [9.17, 15) is 4.79 Å². The van der Waals surface area contributed by atoms with E-state index in [1.165, 1.54) is 0 Å². The van der Waals surface area contributed by atoms with Gasteiger partial charge in [-0.2, -0.15) is 5.26 Å². The molecule has 4 nitrogen and oxygen atoms in total. The molecule has 1 rings (SSSR count). The summed E-state index contributed by atoms with van der Waals surface area (Å²) in [6.45, 7) is 3.14. The van der Waals surface area contributed by atoms with Crippen LogP contribution in [0.15, 0.2) is 24.3 Å². The van der Waals surface area contributed by atoms with Crippen LogP contribution in [-0.4, -0.2) is 19.1 Å². The molecule has 0 fully saturated rings. The van der Waals surface area contributed by atoms with E-state index in [0.717, 1.165) is 18.6 Å². The molecule has 0 saturated carbocycles. The van der Waals surface area contributed by atoms with Gasteiger partial charge >= 0.3 is 0 Å². The highest BCUT2D eigenvalue weighted by Gasteiger charge is 2.04. The lowest BCUT2D eigenvalue weighted by Crippen LogP contribution is -2.24. The number of carbonyl (C=O) groups excluding carboxylic acids is 1. The molecule has 96 valence electrons. The predicted molar refractivity (Wildman–Crippen MR) is 69.4 cm³/mol. The third-order valence-corrected chi connectivity index (χ3v) is 2.43. The largest absolute Gasteiger partial charge is 0.494 e. The monoisotopic (exact) mass is 246 g/mol. The lowest BCUT2D eigenvalue weighted by atomic mass is 10.2. The zero-order chi connectivity index (χ0) is 13.2. The number of ether oxygens (including phenoxy) is 1. The molecule has 1 amide bonds. The van der Waals surface area contributed by atoms with Gasteiger partial charge in [-0.25, -0.2) is 0 Å². The van der Waals surface area contributed by atoms with Gasteiger partial charge in [0.15, 0.2) is 0 Å². The van der Waals surface area contributed by atoms with Crippen LogP contribution in [0.2, 0.25) is 0 Å². The highest BCUT2D eigenvalue weighted by Crippen LogP contribution is 2.11. The number of nitriles is 1. The van der Waals surface area contributed by atoms with Gasteiger partial charge in [0, 0.05) is 18.5 Å². The molecule has 4 heteroatoms. The Morgan fingerprint density at radius 1 is 1.33 bits per heavy atom. The molecule has 18 heavy (non-hydrogen) atoms. The van der Waals surface area contributed by atoms with E-state index in [4.69, 9.17) is 10.00 Å². The van der Waals surface area contributed by atoms with E-state index in [2.05, 4.69) is 11.4 Å². The van der Waals surface area contributed by atoms with Crippen molar-refractivity contribution >= 4 is 5.91 Å². The summed E-state index contributed by atoms with van der Waals surface area (Å²) >= 11 is 0. The first-order valence-electron chi connectivity index (χ1n) is 6.16. The molecule has 0 atom stereocenters. The summed E-state index contributed by atoms with van der Waals surface area (Å²) in [6.07, 6.45) is 2.19. The zero-order valence-electron chi connectivity index (χ0n) is 10.6. The molecule has 0 aliphatic rings. The molecular weight excluding hydrogens is 228 g/mol. The fourth-order valence-electron chi connectivity index (χ4n) is 1.50. The molecule has 0 spiro atoms. The van der Waals surface area contributed by atoms with Crippen molar-refractivity contribution in [1.82, 2.24) is 5.32 Å². The lowest BCUT2D eigenvalue weighted by molar-refractivity contribution is 0.0953. The van der Waals surface area contributed by atoms with Crippen molar-refractivity contribution < 1.29 is 9.53 Å². The SMILES string of the molecule is CCOc1ccc(C(=O)NCCCCC#N)cc1. The van der Waals surface area contributed by atoms with Crippen molar-refractivity contribution in [1.29, 1.82) is 5.26 Å². The Morgan fingerprint density at radius 3 is 2.67 bits per heavy atom. The van der Waals surface area contributed by atoms with Crippen LogP contribution in [0.25, 0.3) is 0 Å². The van der Waals surface area contributed by atoms with Gasteiger partial charge in [-0.1, -0.05) is 0 Å². The predicted octanol–water partition coefficient (Wildman–Crippen LogP) is 2.51. The highest BCUT2D eigenvalue weighted by atomic mass is 16.5. The molecule has 0 aliphatic carbocycles. The minimum absolute atomic E-state index is 0.0880. The number of rotatable bonds is 7. The summed E-state index contributed by atoms with van der Waals surface area (Å²) in [7, 11) is 0. The lowest BCUT2D eigenvalue weighted by Gasteiger charge is -2.06. The van der Waals surface area contributed by atoms with Crippen molar-refractivity contribution in [3.8, 4) is 11.8 Å². The van der Waals surface area contributed by atoms with Crippen molar-refractivity contribution in [2.45, 2.75) is 26.2 Å². The first-order chi connectivity index (χ1) is 8.77. The Labute approximate surface area is 108 Å². The van der Waals surface area contributed by atoms with Gasteiger partial charge in [-0.3, -0.25) is 4.79 Å². The fourth-order valence-corrected chi connectivity index (χ4v) is 1.50. The molecule has 1 N–H and O–H groups in total. The molecule has 0 heterocycles. The van der Waals surface area contributed by atoms with Crippen molar-refractivity contribution in [3.63, 3.8) is 0 Å². The number of benzene rings is 1. The third-order valence-electron chi connectivity index (χ3n) is 2.43. The zero-order valence-corrected chi connectivity index (χ0v) is 10.6. The van der Waals surface area contributed by atoms with E-state index >= 15 is 0 Å². The van der Waals surface area contributed by atoms with Gasteiger partial charge in [0.05, 0.1) is 12.7 Å². The number of carbonyl (C=O) groups is 1. The number of unbranched alkanes of at least 4 members (excludes halogenated alkanes) is 2. The van der Waals surface area contributed by atoms with Crippen LogP contribution in [0.1, 0.15) is 36.5 Å². The van der Waals surface area contributed by atoms with Crippen molar-refractivity contribution in [2.75, 3.05) is 13.2 Å². The number of nitrogens with zero attached hydrogens (tertiary/aromatic N) is 1. The summed E-state index contributed by atoms with van der Waals surface area (Å²) in [5, 5.41) is 11.2. The maximum absolute atomic E-state index is 11.7. The number of hydrogen-bond acceptors (Lipinski definition) is 3. The van der Waals surface area contributed by atoms with E-state index in [1.807, 2.05) is 6.92 Å². The second-order valence-corrected chi connectivity index (χ2v) is 3.83. The molecule has 0 bridgehead atoms. The summed E-state index contributed by atoms with van der Waals surface area (Å²) < 4.78 is 5.30. The van der Waals surface area contributed by atoms with Crippen LogP contribution in [0.5, 0.6) is 5.75 Å². The first kappa shape index (κ1) is 14.0. The standard InChI is InChI=1S/C14H18N2O2/c1-2-18-13-8-6-12(7-9-13)14(17)16-11-5-3-4-10-15/h6-9H,2-5,11H2,1H3,(H,16,17). The van der Waals surface area contributed by atoms with Gasteiger partial charge in [0.2, 0.25) is 0 Å². The summed E-state index contributed by atoms with van der Waals surface area (Å²) in [5.41, 5.74) is 0.624. The Morgan fingerprint density at radius 2 is 2.06 bits per heavy atom. The molecular formula is C14H18N2O2. The van der Waals surface area contributed by atoms with Crippen molar-refractivity contribution in [2.24, 2.45) is 0 Å². The smallest absolute Gasteiger partial charge is 0.251 e. The molecule has 0 aromatic heterocycles. The molecule has 0 aliphatic heterocycles. The van der Waals surface area contributed by atoms with Crippen LogP contribution >= 0.6 is 0 Å². The topological polar surface area (TPSA) is 62.1 Å². The quantitative estimate of drug-likeness (QED) is 0.752. The van der Waals surface area contributed by atoms with E-state index in [1.54, 1.807) is 24.3 Å². The highest BCUT2D eigenvalue weighted by molar-refractivity contribution is 5.94. The number of amides is 1. The Balaban J connectivity index is 2.35. The summed E-state index contributed by atoms with van der Waals surface area (Å²) in [5.74, 6) is 0.679. The number of hydrogen-bond donors (Lipinski definition) is 1. The first-order valence-corrected chi connectivity index (χ1v) is 6.16. The van der Waals surface area contributed by atoms with Gasteiger partial charge in [-0.05, 0) is 44.0 Å². The fraction of sp³-hybridized carbons (Fsp3) is 0.429. The van der Waals surface area contributed by atoms with Crippen LogP contribution < -0.4 is 10.1 Å². The van der Waals surface area contributed by atoms with E-state index < -0.39 is 0 Å². The third kappa shape index (κ3) is 4.88. The van der Waals surface area contributed by atoms with Crippen LogP contribution in [0.4, 0.5) is 0 Å². The average Bonchev–Trinajstić information content (AvgIpc) is 2.39. The van der Waals surface area contributed by atoms with Gasteiger partial charge in [0.1, 0.15) is 5.75 Å². The van der Waals surface area contributed by atoms with Crippen molar-refractivity contribution in [3.05, 3.63) is 29.8 Å². The summed E-state index contributed by atoms with van der Waals surface area (Å²) in [4.78, 5) is 11.7. The van der Waals surface area contributed by atoms with Crippen LogP contribution in [0, 0.1) is 11.3 Å². The van der Waals surface area contributed by atoms with Gasteiger partial charge < -0.3 is 10.1 Å². The van der Waals surface area contributed by atoms with Gasteiger partial charge in [0.25, 0.3) is 5.91 Å². The minimum Gasteiger partial charge on any atom is -0.494 e. The molecule has 0 saturated heterocycles. The second kappa shape index (κ2) is 8.13. The Hall–Kier alpha value is -2.02. The second-order valence-electron chi connectivity index (χ2n) is 3.83. The molecule has 0 unspecified atom stereocenters. The van der Waals surface area contributed by atoms with Crippen LogP contribution in [-0.2, 0) is 0 Å². The van der Waals surface area contributed by atoms with E-state index in [-0.39, 0.29) is 5.91 Å². The maximum Gasteiger partial charge on any atom is 0.251 e. The molecule has 1 aromatic carbocycles. The molecule has 0 radical (unpaired) electrons. The molecule has 1 aromatic rings. The number of nitrogens with one attached hydrogen (secondary N) is 1. The minimum atomic E-state index is -0.0880. The maximum atomic E-state index is 11.7. The average molecular weight is 246 g/mol. The summed E-state index contributed by atoms with van der Waals surface area (Å²) in [6, 6.07) is 9.14. The van der Waals surface area contributed by atoms with E-state index in [0.29, 0.717) is 25.1 Å². The van der Waals surface area contributed by atoms with Gasteiger partial charge in [-0.15, -0.1) is 0 Å². The van der Waals surface area contributed by atoms with Crippen LogP contribution in [0.3, 0.4) is 0 Å².